The Balaban J connectivity index is 1.67. The molecule has 2 rings (SSSR count). The van der Waals surface area contributed by atoms with Crippen molar-refractivity contribution in [3.05, 3.63) is 24.2 Å². The third-order valence-corrected chi connectivity index (χ3v) is 3.00. The largest absolute Gasteiger partial charge is 0.472 e. The third-order valence-electron chi connectivity index (χ3n) is 3.00. The van der Waals surface area contributed by atoms with Crippen LogP contribution in [0.25, 0.3) is 0 Å². The number of rotatable bonds is 5. The fraction of sp³-hybridized carbons (Fsp3) is 0.615. The molecule has 1 atom stereocenters. The van der Waals surface area contributed by atoms with Crippen LogP contribution in [0.4, 0.5) is 0 Å². The molecule has 2 heterocycles. The van der Waals surface area contributed by atoms with E-state index in [-0.39, 0.29) is 5.78 Å². The van der Waals surface area contributed by atoms with Gasteiger partial charge in [0.1, 0.15) is 5.78 Å². The van der Waals surface area contributed by atoms with Crippen LogP contribution in [-0.4, -0.2) is 18.5 Å². The maximum absolute atomic E-state index is 11.7. The zero-order chi connectivity index (χ0) is 11.2. The normalized spacial score (nSPS) is 20.9. The summed E-state index contributed by atoms with van der Waals surface area (Å²) in [5, 5.41) is 0. The number of ether oxygens (including phenoxy) is 1. The Hall–Kier alpha value is -1.09. The summed E-state index contributed by atoms with van der Waals surface area (Å²) < 4.78 is 10.5. The molecule has 0 N–H and O–H groups in total. The van der Waals surface area contributed by atoms with Crippen molar-refractivity contribution in [2.75, 3.05) is 6.61 Å². The summed E-state index contributed by atoms with van der Waals surface area (Å²) in [4.78, 5) is 11.7. The van der Waals surface area contributed by atoms with Crippen LogP contribution in [-0.2, 0) is 16.0 Å². The van der Waals surface area contributed by atoms with Crippen molar-refractivity contribution in [3.63, 3.8) is 0 Å². The highest BCUT2D eigenvalue weighted by atomic mass is 16.5. The van der Waals surface area contributed by atoms with Gasteiger partial charge in [-0.05, 0) is 37.3 Å². The molecule has 1 aliphatic heterocycles. The summed E-state index contributed by atoms with van der Waals surface area (Å²) >= 11 is 0. The first-order chi connectivity index (χ1) is 7.84. The minimum absolute atomic E-state index is 0.274. The number of furan rings is 1. The fourth-order valence-electron chi connectivity index (χ4n) is 2.07. The average Bonchev–Trinajstić information content (AvgIpc) is 2.81. The van der Waals surface area contributed by atoms with Gasteiger partial charge in [-0.1, -0.05) is 0 Å². The van der Waals surface area contributed by atoms with Gasteiger partial charge >= 0.3 is 0 Å². The van der Waals surface area contributed by atoms with E-state index in [0.29, 0.717) is 18.9 Å². The molecular weight excluding hydrogens is 204 g/mol. The van der Waals surface area contributed by atoms with Gasteiger partial charge in [-0.3, -0.25) is 4.79 Å². The lowest BCUT2D eigenvalue weighted by Gasteiger charge is -2.22. The Bertz CT molecular complexity index is 310. The lowest BCUT2D eigenvalue weighted by Crippen LogP contribution is -2.20. The standard InChI is InChI=1S/C13H18O3/c14-12(9-11-6-8-15-10-11)4-5-13-3-1-2-7-16-13/h6,8,10,13H,1-5,7,9H2. The summed E-state index contributed by atoms with van der Waals surface area (Å²) in [6.07, 6.45) is 9.04. The summed E-state index contributed by atoms with van der Waals surface area (Å²) in [6, 6.07) is 1.84. The molecule has 0 aliphatic carbocycles. The van der Waals surface area contributed by atoms with Gasteiger partial charge in [-0.2, -0.15) is 0 Å². The summed E-state index contributed by atoms with van der Waals surface area (Å²) in [7, 11) is 0. The van der Waals surface area contributed by atoms with Crippen LogP contribution in [0.1, 0.15) is 37.7 Å². The van der Waals surface area contributed by atoms with E-state index in [1.807, 2.05) is 6.07 Å². The minimum Gasteiger partial charge on any atom is -0.472 e. The molecule has 0 radical (unpaired) electrons. The highest BCUT2D eigenvalue weighted by Crippen LogP contribution is 2.17. The molecule has 3 nitrogen and oxygen atoms in total. The van der Waals surface area contributed by atoms with Crippen LogP contribution < -0.4 is 0 Å². The zero-order valence-electron chi connectivity index (χ0n) is 9.48. The van der Waals surface area contributed by atoms with Crippen molar-refractivity contribution >= 4 is 5.78 Å². The number of hydrogen-bond acceptors (Lipinski definition) is 3. The molecule has 1 fully saturated rings. The summed E-state index contributed by atoms with van der Waals surface area (Å²) in [5.41, 5.74) is 0.967. The Labute approximate surface area is 95.8 Å². The Morgan fingerprint density at radius 3 is 3.06 bits per heavy atom. The molecule has 0 amide bonds. The van der Waals surface area contributed by atoms with E-state index in [4.69, 9.17) is 9.15 Å². The average molecular weight is 222 g/mol. The van der Waals surface area contributed by atoms with Crippen LogP contribution >= 0.6 is 0 Å². The Morgan fingerprint density at radius 1 is 1.44 bits per heavy atom. The van der Waals surface area contributed by atoms with E-state index in [1.165, 1.54) is 12.8 Å². The quantitative estimate of drug-likeness (QED) is 0.769. The van der Waals surface area contributed by atoms with Gasteiger partial charge in [0.25, 0.3) is 0 Å². The molecule has 1 aliphatic rings. The number of hydrogen-bond donors (Lipinski definition) is 0. The first kappa shape index (κ1) is 11.4. The van der Waals surface area contributed by atoms with Crippen LogP contribution in [0.3, 0.4) is 0 Å². The van der Waals surface area contributed by atoms with Gasteiger partial charge in [0.2, 0.25) is 0 Å². The number of Topliss-reactive ketones (excluding diaryl/α,β-unsaturated/α-hetero) is 1. The van der Waals surface area contributed by atoms with Gasteiger partial charge in [-0.25, -0.2) is 0 Å². The van der Waals surface area contributed by atoms with E-state index >= 15 is 0 Å². The van der Waals surface area contributed by atoms with Crippen LogP contribution in [0.5, 0.6) is 0 Å². The topological polar surface area (TPSA) is 39.4 Å². The first-order valence-corrected chi connectivity index (χ1v) is 5.99. The molecule has 88 valence electrons. The van der Waals surface area contributed by atoms with Gasteiger partial charge in [0.15, 0.2) is 0 Å². The van der Waals surface area contributed by atoms with Gasteiger partial charge in [0, 0.05) is 19.4 Å². The maximum atomic E-state index is 11.7. The molecule has 0 saturated carbocycles. The van der Waals surface area contributed by atoms with Crippen molar-refractivity contribution in [3.8, 4) is 0 Å². The van der Waals surface area contributed by atoms with E-state index in [9.17, 15) is 4.79 Å². The van der Waals surface area contributed by atoms with E-state index < -0.39 is 0 Å². The number of carbonyl (C=O) groups is 1. The molecule has 1 aromatic heterocycles. The predicted molar refractivity (Wildman–Crippen MR) is 60.2 cm³/mol. The molecule has 1 aromatic rings. The second-order valence-corrected chi connectivity index (χ2v) is 4.37. The van der Waals surface area contributed by atoms with E-state index in [0.717, 1.165) is 25.0 Å². The molecule has 0 spiro atoms. The number of ketones is 1. The van der Waals surface area contributed by atoms with Crippen molar-refractivity contribution in [1.29, 1.82) is 0 Å². The zero-order valence-corrected chi connectivity index (χ0v) is 9.48. The molecule has 3 heteroatoms. The van der Waals surface area contributed by atoms with Crippen LogP contribution in [0, 0.1) is 0 Å². The van der Waals surface area contributed by atoms with Crippen molar-refractivity contribution in [2.45, 2.75) is 44.6 Å². The maximum Gasteiger partial charge on any atom is 0.137 e. The van der Waals surface area contributed by atoms with E-state index in [2.05, 4.69) is 0 Å². The predicted octanol–water partition coefficient (Wildman–Crippen LogP) is 2.74. The fourth-order valence-corrected chi connectivity index (χ4v) is 2.07. The molecule has 1 unspecified atom stereocenters. The van der Waals surface area contributed by atoms with Crippen molar-refractivity contribution in [2.24, 2.45) is 0 Å². The first-order valence-electron chi connectivity index (χ1n) is 5.99. The van der Waals surface area contributed by atoms with Gasteiger partial charge < -0.3 is 9.15 Å². The highest BCUT2D eigenvalue weighted by Gasteiger charge is 2.15. The van der Waals surface area contributed by atoms with Crippen molar-refractivity contribution < 1.29 is 13.9 Å². The third kappa shape index (κ3) is 3.49. The smallest absolute Gasteiger partial charge is 0.137 e. The second kappa shape index (κ2) is 5.85. The minimum atomic E-state index is 0.274. The van der Waals surface area contributed by atoms with E-state index in [1.54, 1.807) is 12.5 Å². The second-order valence-electron chi connectivity index (χ2n) is 4.37. The van der Waals surface area contributed by atoms with Gasteiger partial charge in [-0.15, -0.1) is 0 Å². The highest BCUT2D eigenvalue weighted by molar-refractivity contribution is 5.80. The summed E-state index contributed by atoms with van der Waals surface area (Å²) in [5.74, 6) is 0.274. The molecular formula is C13H18O3. The Morgan fingerprint density at radius 2 is 2.38 bits per heavy atom. The van der Waals surface area contributed by atoms with Gasteiger partial charge in [0.05, 0.1) is 18.6 Å². The van der Waals surface area contributed by atoms with Crippen LogP contribution in [0.2, 0.25) is 0 Å². The number of carbonyl (C=O) groups excluding carboxylic acids is 1. The Kier molecular flexibility index (Phi) is 4.17. The lowest BCUT2D eigenvalue weighted by molar-refractivity contribution is -0.119. The molecule has 16 heavy (non-hydrogen) atoms. The van der Waals surface area contributed by atoms with Crippen LogP contribution in [0.15, 0.2) is 23.0 Å². The molecule has 0 aromatic carbocycles. The monoisotopic (exact) mass is 222 g/mol. The molecule has 1 saturated heterocycles. The lowest BCUT2D eigenvalue weighted by atomic mass is 10.0. The summed E-state index contributed by atoms with van der Waals surface area (Å²) in [6.45, 7) is 0.862. The van der Waals surface area contributed by atoms with Crippen molar-refractivity contribution in [1.82, 2.24) is 0 Å². The molecule has 0 bridgehead atoms. The SMILES string of the molecule is O=C(CCC1CCCCO1)Cc1ccoc1.